The number of carbonyl (C=O) groups excluding carboxylic acids is 1. The summed E-state index contributed by atoms with van der Waals surface area (Å²) in [4.78, 5) is 11.8. The van der Waals surface area contributed by atoms with Gasteiger partial charge in [0.15, 0.2) is 0 Å². The molecule has 0 bridgehead atoms. The zero-order chi connectivity index (χ0) is 15.1. The summed E-state index contributed by atoms with van der Waals surface area (Å²) in [6, 6.07) is 4.42. The molecule has 0 spiro atoms. The lowest BCUT2D eigenvalue weighted by atomic mass is 10.0. The Bertz CT molecular complexity index is 449. The Balaban J connectivity index is 2.48. The molecular formula is C15H23FN2O2. The molecule has 1 aromatic carbocycles. The first-order chi connectivity index (χ1) is 9.43. The molecule has 1 unspecified atom stereocenters. The number of rotatable bonds is 6. The average molecular weight is 282 g/mol. The Morgan fingerprint density at radius 1 is 1.40 bits per heavy atom. The van der Waals surface area contributed by atoms with Gasteiger partial charge < -0.3 is 15.7 Å². The first-order valence-corrected chi connectivity index (χ1v) is 6.84. The maximum atomic E-state index is 13.1. The van der Waals surface area contributed by atoms with Crippen molar-refractivity contribution in [2.24, 2.45) is 5.92 Å². The summed E-state index contributed by atoms with van der Waals surface area (Å²) in [6.07, 6.45) is 0.529. The van der Waals surface area contributed by atoms with E-state index in [-0.39, 0.29) is 30.4 Å². The zero-order valence-electron chi connectivity index (χ0n) is 12.2. The van der Waals surface area contributed by atoms with E-state index in [2.05, 4.69) is 10.6 Å². The lowest BCUT2D eigenvalue weighted by molar-refractivity contribution is 0.218. The van der Waals surface area contributed by atoms with Crippen LogP contribution in [-0.2, 0) is 6.54 Å². The van der Waals surface area contributed by atoms with Crippen molar-refractivity contribution in [3.63, 3.8) is 0 Å². The third-order valence-corrected chi connectivity index (χ3v) is 3.24. The summed E-state index contributed by atoms with van der Waals surface area (Å²) in [5.41, 5.74) is 1.41. The fourth-order valence-electron chi connectivity index (χ4n) is 1.93. The van der Waals surface area contributed by atoms with Crippen molar-refractivity contribution in [3.8, 4) is 0 Å². The van der Waals surface area contributed by atoms with Crippen LogP contribution in [0.15, 0.2) is 18.2 Å². The van der Waals surface area contributed by atoms with Crippen molar-refractivity contribution in [3.05, 3.63) is 35.1 Å². The highest BCUT2D eigenvalue weighted by molar-refractivity contribution is 5.74. The number of aliphatic hydroxyl groups is 1. The maximum absolute atomic E-state index is 13.1. The third kappa shape index (κ3) is 5.17. The van der Waals surface area contributed by atoms with Crippen molar-refractivity contribution >= 4 is 6.03 Å². The molecule has 3 N–H and O–H groups in total. The number of urea groups is 1. The number of nitrogens with one attached hydrogen (secondary N) is 2. The van der Waals surface area contributed by atoms with Crippen LogP contribution >= 0.6 is 0 Å². The second-order valence-corrected chi connectivity index (χ2v) is 5.27. The quantitative estimate of drug-likeness (QED) is 0.750. The molecule has 1 atom stereocenters. The highest BCUT2D eigenvalue weighted by atomic mass is 19.1. The summed E-state index contributed by atoms with van der Waals surface area (Å²) in [5.74, 6) is 0.00184. The van der Waals surface area contributed by atoms with Crippen LogP contribution in [0.25, 0.3) is 0 Å². The Morgan fingerprint density at radius 2 is 2.10 bits per heavy atom. The molecular weight excluding hydrogens is 259 g/mol. The van der Waals surface area contributed by atoms with E-state index in [0.29, 0.717) is 18.5 Å². The minimum atomic E-state index is -0.279. The van der Waals surface area contributed by atoms with Crippen molar-refractivity contribution in [2.75, 3.05) is 6.61 Å². The molecule has 5 heteroatoms. The first-order valence-electron chi connectivity index (χ1n) is 6.84. The van der Waals surface area contributed by atoms with E-state index in [1.54, 1.807) is 19.1 Å². The van der Waals surface area contributed by atoms with E-state index < -0.39 is 0 Å². The highest BCUT2D eigenvalue weighted by Gasteiger charge is 2.15. The molecule has 4 nitrogen and oxygen atoms in total. The topological polar surface area (TPSA) is 61.4 Å². The van der Waals surface area contributed by atoms with Crippen molar-refractivity contribution < 1.29 is 14.3 Å². The predicted molar refractivity (Wildman–Crippen MR) is 76.8 cm³/mol. The summed E-state index contributed by atoms with van der Waals surface area (Å²) >= 11 is 0. The van der Waals surface area contributed by atoms with Crippen LogP contribution in [0, 0.1) is 18.7 Å². The minimum absolute atomic E-state index is 0.0419. The Kier molecular flexibility index (Phi) is 6.45. The number of benzene rings is 1. The molecule has 0 aromatic heterocycles. The van der Waals surface area contributed by atoms with Crippen LogP contribution in [0.1, 0.15) is 31.4 Å². The van der Waals surface area contributed by atoms with Gasteiger partial charge in [0.2, 0.25) is 0 Å². The van der Waals surface area contributed by atoms with Gasteiger partial charge in [0.25, 0.3) is 0 Å². The number of amides is 2. The molecule has 0 heterocycles. The summed E-state index contributed by atoms with van der Waals surface area (Å²) in [6.45, 7) is 6.06. The van der Waals surface area contributed by atoms with Crippen LogP contribution in [0.5, 0.6) is 0 Å². The fourth-order valence-corrected chi connectivity index (χ4v) is 1.93. The Morgan fingerprint density at radius 3 is 2.65 bits per heavy atom. The van der Waals surface area contributed by atoms with Crippen LogP contribution in [0.3, 0.4) is 0 Å². The van der Waals surface area contributed by atoms with Crippen LogP contribution in [-0.4, -0.2) is 23.8 Å². The SMILES string of the molecule is Cc1cc(CNC(=O)NC(CCO)C(C)C)ccc1F. The lowest BCUT2D eigenvalue weighted by Gasteiger charge is -2.21. The second kappa shape index (κ2) is 7.85. The van der Waals surface area contributed by atoms with Gasteiger partial charge in [0.05, 0.1) is 0 Å². The molecule has 0 saturated carbocycles. The molecule has 0 aliphatic carbocycles. The number of hydrogen-bond acceptors (Lipinski definition) is 2. The Labute approximate surface area is 119 Å². The first kappa shape index (κ1) is 16.4. The van der Waals surface area contributed by atoms with E-state index in [4.69, 9.17) is 5.11 Å². The van der Waals surface area contributed by atoms with Crippen LogP contribution in [0.2, 0.25) is 0 Å². The maximum Gasteiger partial charge on any atom is 0.315 e. The van der Waals surface area contributed by atoms with E-state index in [9.17, 15) is 9.18 Å². The standard InChI is InChI=1S/C15H23FN2O2/c1-10(2)14(6-7-19)18-15(20)17-9-12-4-5-13(16)11(3)8-12/h4-5,8,10,14,19H,6-7,9H2,1-3H3,(H2,17,18,20). The number of aryl methyl sites for hydroxylation is 1. The Hall–Kier alpha value is -1.62. The average Bonchev–Trinajstić information content (AvgIpc) is 2.39. The number of carbonyl (C=O) groups is 1. The predicted octanol–water partition coefficient (Wildman–Crippen LogP) is 2.34. The van der Waals surface area contributed by atoms with Gasteiger partial charge in [-0.3, -0.25) is 0 Å². The number of halogens is 1. The molecule has 112 valence electrons. The van der Waals surface area contributed by atoms with Gasteiger partial charge in [-0.05, 0) is 36.5 Å². The molecule has 0 saturated heterocycles. The van der Waals surface area contributed by atoms with Gasteiger partial charge in [-0.25, -0.2) is 9.18 Å². The molecule has 0 fully saturated rings. The summed E-state index contributed by atoms with van der Waals surface area (Å²) in [5, 5.41) is 14.5. The molecule has 1 rings (SSSR count). The molecule has 0 aliphatic heterocycles. The van der Waals surface area contributed by atoms with Crippen molar-refractivity contribution in [1.82, 2.24) is 10.6 Å². The van der Waals surface area contributed by atoms with E-state index in [1.807, 2.05) is 13.8 Å². The highest BCUT2D eigenvalue weighted by Crippen LogP contribution is 2.09. The molecule has 2 amide bonds. The zero-order valence-corrected chi connectivity index (χ0v) is 12.2. The van der Waals surface area contributed by atoms with E-state index >= 15 is 0 Å². The summed E-state index contributed by atoms with van der Waals surface area (Å²) in [7, 11) is 0. The van der Waals surface area contributed by atoms with Gasteiger partial charge in [-0.1, -0.05) is 26.0 Å². The van der Waals surface area contributed by atoms with Crippen LogP contribution < -0.4 is 10.6 Å². The monoisotopic (exact) mass is 282 g/mol. The van der Waals surface area contributed by atoms with E-state index in [0.717, 1.165) is 5.56 Å². The molecule has 1 aromatic rings. The fraction of sp³-hybridized carbons (Fsp3) is 0.533. The van der Waals surface area contributed by atoms with Crippen LogP contribution in [0.4, 0.5) is 9.18 Å². The lowest BCUT2D eigenvalue weighted by Crippen LogP contribution is -2.44. The summed E-state index contributed by atoms with van der Waals surface area (Å²) < 4.78 is 13.1. The van der Waals surface area contributed by atoms with Crippen molar-refractivity contribution in [2.45, 2.75) is 39.8 Å². The number of hydrogen-bond donors (Lipinski definition) is 3. The third-order valence-electron chi connectivity index (χ3n) is 3.24. The molecule has 20 heavy (non-hydrogen) atoms. The second-order valence-electron chi connectivity index (χ2n) is 5.27. The van der Waals surface area contributed by atoms with Gasteiger partial charge >= 0.3 is 6.03 Å². The smallest absolute Gasteiger partial charge is 0.315 e. The van der Waals surface area contributed by atoms with Gasteiger partial charge in [-0.15, -0.1) is 0 Å². The minimum Gasteiger partial charge on any atom is -0.396 e. The van der Waals surface area contributed by atoms with E-state index in [1.165, 1.54) is 6.07 Å². The van der Waals surface area contributed by atoms with Gasteiger partial charge in [0, 0.05) is 19.2 Å². The normalized spacial score (nSPS) is 12.3. The van der Waals surface area contributed by atoms with Gasteiger partial charge in [-0.2, -0.15) is 0 Å². The molecule has 0 radical (unpaired) electrons. The van der Waals surface area contributed by atoms with Crippen molar-refractivity contribution in [1.29, 1.82) is 0 Å². The van der Waals surface area contributed by atoms with Gasteiger partial charge in [0.1, 0.15) is 5.82 Å². The molecule has 0 aliphatic rings. The number of aliphatic hydroxyl groups excluding tert-OH is 1. The largest absolute Gasteiger partial charge is 0.396 e.